The zero-order valence-corrected chi connectivity index (χ0v) is 11.5. The van der Waals surface area contributed by atoms with Crippen LogP contribution >= 0.6 is 11.6 Å². The number of imidazole rings is 1. The van der Waals surface area contributed by atoms with E-state index in [4.69, 9.17) is 11.6 Å². The monoisotopic (exact) mass is 278 g/mol. The number of halogens is 1. The molecule has 3 heterocycles. The van der Waals surface area contributed by atoms with Crippen molar-refractivity contribution in [2.45, 2.75) is 18.9 Å². The number of rotatable bonds is 3. The van der Waals surface area contributed by atoms with Crippen molar-refractivity contribution >= 4 is 28.5 Å². The molecule has 0 aliphatic carbocycles. The molecule has 5 nitrogen and oxygen atoms in total. The second kappa shape index (κ2) is 4.81. The lowest BCUT2D eigenvalue weighted by molar-refractivity contribution is -0.129. The Balaban J connectivity index is 2.15. The standard InChI is InChI=1S/C13H15ClN4O/c1-17-7-4-11(13(17)19)18-10-3-6-15-8-9(10)16-12(18)2-5-14/h3,6,8,11H,2,4-5,7H2,1H3. The third-order valence-electron chi connectivity index (χ3n) is 3.59. The van der Waals surface area contributed by atoms with Crippen molar-refractivity contribution in [2.24, 2.45) is 0 Å². The highest BCUT2D eigenvalue weighted by molar-refractivity contribution is 6.17. The highest BCUT2D eigenvalue weighted by atomic mass is 35.5. The predicted molar refractivity (Wildman–Crippen MR) is 73.2 cm³/mol. The molecule has 1 aliphatic rings. The molecule has 1 fully saturated rings. The smallest absolute Gasteiger partial charge is 0.245 e. The summed E-state index contributed by atoms with van der Waals surface area (Å²) in [6.45, 7) is 0.786. The van der Waals surface area contributed by atoms with Crippen LogP contribution in [0.15, 0.2) is 18.5 Å². The molecule has 1 saturated heterocycles. The van der Waals surface area contributed by atoms with Crippen molar-refractivity contribution < 1.29 is 4.79 Å². The van der Waals surface area contributed by atoms with E-state index in [1.54, 1.807) is 17.3 Å². The summed E-state index contributed by atoms with van der Waals surface area (Å²) < 4.78 is 2.03. The van der Waals surface area contributed by atoms with Gasteiger partial charge < -0.3 is 9.47 Å². The zero-order valence-electron chi connectivity index (χ0n) is 10.7. The molecular weight excluding hydrogens is 264 g/mol. The molecule has 6 heteroatoms. The largest absolute Gasteiger partial charge is 0.344 e. The minimum atomic E-state index is -0.157. The molecule has 3 rings (SSSR count). The van der Waals surface area contributed by atoms with Gasteiger partial charge in [0.25, 0.3) is 0 Å². The fraction of sp³-hybridized carbons (Fsp3) is 0.462. The van der Waals surface area contributed by atoms with Crippen molar-refractivity contribution in [3.8, 4) is 0 Å². The highest BCUT2D eigenvalue weighted by Gasteiger charge is 2.33. The van der Waals surface area contributed by atoms with Gasteiger partial charge >= 0.3 is 0 Å². The van der Waals surface area contributed by atoms with E-state index in [1.807, 2.05) is 17.7 Å². The normalized spacial score (nSPS) is 19.6. The summed E-state index contributed by atoms with van der Waals surface area (Å²) in [7, 11) is 1.84. The molecule has 0 bridgehead atoms. The molecule has 100 valence electrons. The lowest BCUT2D eigenvalue weighted by Crippen LogP contribution is -2.25. The second-order valence-corrected chi connectivity index (χ2v) is 5.14. The van der Waals surface area contributed by atoms with Crippen molar-refractivity contribution in [2.75, 3.05) is 19.5 Å². The van der Waals surface area contributed by atoms with E-state index in [1.165, 1.54) is 0 Å². The lowest BCUT2D eigenvalue weighted by Gasteiger charge is -2.15. The van der Waals surface area contributed by atoms with Crippen LogP contribution in [0.3, 0.4) is 0 Å². The van der Waals surface area contributed by atoms with Crippen molar-refractivity contribution in [1.29, 1.82) is 0 Å². The van der Waals surface area contributed by atoms with Crippen LogP contribution in [0.25, 0.3) is 11.0 Å². The molecule has 0 N–H and O–H groups in total. The number of alkyl halides is 1. The van der Waals surface area contributed by atoms with E-state index < -0.39 is 0 Å². The van der Waals surface area contributed by atoms with Gasteiger partial charge in [0.05, 0.1) is 11.7 Å². The van der Waals surface area contributed by atoms with Crippen molar-refractivity contribution in [1.82, 2.24) is 19.4 Å². The Hall–Kier alpha value is -1.62. The maximum Gasteiger partial charge on any atom is 0.245 e. The van der Waals surface area contributed by atoms with Crippen LogP contribution in [-0.4, -0.2) is 44.8 Å². The fourth-order valence-electron chi connectivity index (χ4n) is 2.65. The van der Waals surface area contributed by atoms with Crippen molar-refractivity contribution in [3.05, 3.63) is 24.3 Å². The summed E-state index contributed by atoms with van der Waals surface area (Å²) in [5.41, 5.74) is 1.79. The Morgan fingerprint density at radius 3 is 3.05 bits per heavy atom. The first kappa shape index (κ1) is 12.4. The summed E-state index contributed by atoms with van der Waals surface area (Å²) in [5.74, 6) is 1.51. The molecule has 0 spiro atoms. The van der Waals surface area contributed by atoms with Crippen LogP contribution in [0.2, 0.25) is 0 Å². The number of amides is 1. The van der Waals surface area contributed by atoms with Gasteiger partial charge in [-0.1, -0.05) is 0 Å². The first-order chi connectivity index (χ1) is 9.22. The molecule has 1 unspecified atom stereocenters. The van der Waals surface area contributed by atoms with E-state index in [0.717, 1.165) is 29.8 Å². The van der Waals surface area contributed by atoms with Crippen LogP contribution in [0, 0.1) is 0 Å². The SMILES string of the molecule is CN1CCC(n2c(CCCl)nc3cnccc32)C1=O. The number of fused-ring (bicyclic) bond motifs is 1. The average molecular weight is 279 g/mol. The van der Waals surface area contributed by atoms with E-state index in [0.29, 0.717) is 12.3 Å². The topological polar surface area (TPSA) is 51.0 Å². The van der Waals surface area contributed by atoms with Crippen LogP contribution < -0.4 is 0 Å². The molecule has 0 radical (unpaired) electrons. The Labute approximate surface area is 116 Å². The quantitative estimate of drug-likeness (QED) is 0.802. The highest BCUT2D eigenvalue weighted by Crippen LogP contribution is 2.28. The van der Waals surface area contributed by atoms with Crippen LogP contribution in [-0.2, 0) is 11.2 Å². The number of carbonyl (C=O) groups excluding carboxylic acids is 1. The number of nitrogens with zero attached hydrogens (tertiary/aromatic N) is 4. The number of carbonyl (C=O) groups is 1. The first-order valence-corrected chi connectivity index (χ1v) is 6.87. The van der Waals surface area contributed by atoms with E-state index in [-0.39, 0.29) is 11.9 Å². The number of hydrogen-bond acceptors (Lipinski definition) is 3. The lowest BCUT2D eigenvalue weighted by atomic mass is 10.2. The summed E-state index contributed by atoms with van der Waals surface area (Å²) in [6, 6.07) is 1.75. The summed E-state index contributed by atoms with van der Waals surface area (Å²) in [6.07, 6.45) is 4.93. The zero-order chi connectivity index (χ0) is 13.4. The van der Waals surface area contributed by atoms with Gasteiger partial charge in [0.15, 0.2) is 0 Å². The van der Waals surface area contributed by atoms with Gasteiger partial charge in [-0.3, -0.25) is 9.78 Å². The number of aromatic nitrogens is 3. The number of likely N-dealkylation sites (N-methyl/N-ethyl adjacent to an activating group) is 1. The maximum absolute atomic E-state index is 12.2. The molecule has 19 heavy (non-hydrogen) atoms. The van der Waals surface area contributed by atoms with Gasteiger partial charge in [0.2, 0.25) is 5.91 Å². The number of hydrogen-bond donors (Lipinski definition) is 0. The third-order valence-corrected chi connectivity index (χ3v) is 3.78. The van der Waals surface area contributed by atoms with E-state index in [9.17, 15) is 4.79 Å². The Morgan fingerprint density at radius 1 is 1.53 bits per heavy atom. The minimum Gasteiger partial charge on any atom is -0.344 e. The van der Waals surface area contributed by atoms with Gasteiger partial charge in [0.1, 0.15) is 17.4 Å². The maximum atomic E-state index is 12.2. The predicted octanol–water partition coefficient (Wildman–Crippen LogP) is 1.62. The van der Waals surface area contributed by atoms with Crippen LogP contribution in [0.1, 0.15) is 18.3 Å². The number of aryl methyl sites for hydroxylation is 1. The molecule has 0 saturated carbocycles. The van der Waals surface area contributed by atoms with Crippen LogP contribution in [0.5, 0.6) is 0 Å². The van der Waals surface area contributed by atoms with Gasteiger partial charge in [-0.25, -0.2) is 4.98 Å². The molecule has 2 aromatic rings. The minimum absolute atomic E-state index is 0.145. The number of pyridine rings is 1. The summed E-state index contributed by atoms with van der Waals surface area (Å²) in [5, 5.41) is 0. The number of likely N-dealkylation sites (tertiary alicyclic amines) is 1. The Bertz CT molecular complexity index is 624. The summed E-state index contributed by atoms with van der Waals surface area (Å²) >= 11 is 5.84. The van der Waals surface area contributed by atoms with Crippen molar-refractivity contribution in [3.63, 3.8) is 0 Å². The Morgan fingerprint density at radius 2 is 2.37 bits per heavy atom. The van der Waals surface area contributed by atoms with Crippen LogP contribution in [0.4, 0.5) is 0 Å². The molecular formula is C13H15ClN4O. The second-order valence-electron chi connectivity index (χ2n) is 4.77. The molecule has 1 amide bonds. The first-order valence-electron chi connectivity index (χ1n) is 6.34. The fourth-order valence-corrected chi connectivity index (χ4v) is 2.82. The van der Waals surface area contributed by atoms with E-state index >= 15 is 0 Å². The van der Waals surface area contributed by atoms with Gasteiger partial charge in [-0.15, -0.1) is 11.6 Å². The Kier molecular flexibility index (Phi) is 3.14. The van der Waals surface area contributed by atoms with Gasteiger partial charge in [0, 0.05) is 32.1 Å². The third kappa shape index (κ3) is 1.98. The summed E-state index contributed by atoms with van der Waals surface area (Å²) in [4.78, 5) is 22.6. The van der Waals surface area contributed by atoms with Gasteiger partial charge in [-0.05, 0) is 12.5 Å². The molecule has 0 aromatic carbocycles. The van der Waals surface area contributed by atoms with Gasteiger partial charge in [-0.2, -0.15) is 0 Å². The molecule has 1 aliphatic heterocycles. The van der Waals surface area contributed by atoms with E-state index in [2.05, 4.69) is 9.97 Å². The molecule has 2 aromatic heterocycles. The average Bonchev–Trinajstić information content (AvgIpc) is 2.92. The molecule has 1 atom stereocenters.